The van der Waals surface area contributed by atoms with E-state index in [1.165, 1.54) is 0 Å². The molecule has 7 nitrogen and oxygen atoms in total. The summed E-state index contributed by atoms with van der Waals surface area (Å²) in [5.74, 6) is 1.38. The normalized spacial score (nSPS) is 18.8. The summed E-state index contributed by atoms with van der Waals surface area (Å²) < 4.78 is 8.31. The number of amides is 1. The number of ether oxygens (including phenoxy) is 1. The SMILES string of the molecule is CCC1(c2ccccc2Oc2cc(C#N)ccc2Cn2cnnc2)CCCCN(C)C1=O. The molecule has 4 rings (SSSR count). The molecule has 164 valence electrons. The number of nitrogens with zero attached hydrogens (tertiary/aromatic N) is 5. The van der Waals surface area contributed by atoms with Crippen LogP contribution in [0.4, 0.5) is 0 Å². The zero-order valence-corrected chi connectivity index (χ0v) is 18.5. The minimum absolute atomic E-state index is 0.143. The van der Waals surface area contributed by atoms with Crippen molar-refractivity contribution in [1.29, 1.82) is 5.26 Å². The standard InChI is InChI=1S/C25H27N5O2/c1-3-25(12-6-7-13-29(2)24(25)31)21-8-4-5-9-22(21)32-23-14-19(15-26)10-11-20(23)16-30-17-27-28-18-30/h4-5,8-11,14,17-18H,3,6-7,12-13,16H2,1-2H3. The molecule has 1 saturated heterocycles. The van der Waals surface area contributed by atoms with Crippen molar-refractivity contribution in [2.75, 3.05) is 13.6 Å². The van der Waals surface area contributed by atoms with Crippen LogP contribution >= 0.6 is 0 Å². The monoisotopic (exact) mass is 429 g/mol. The van der Waals surface area contributed by atoms with E-state index in [0.29, 0.717) is 30.0 Å². The van der Waals surface area contributed by atoms with Gasteiger partial charge in [-0.15, -0.1) is 10.2 Å². The number of likely N-dealkylation sites (N-methyl/N-ethyl adjacent to an activating group) is 1. The van der Waals surface area contributed by atoms with E-state index in [1.807, 2.05) is 46.8 Å². The predicted molar refractivity (Wildman–Crippen MR) is 120 cm³/mol. The summed E-state index contributed by atoms with van der Waals surface area (Å²) in [6.07, 6.45) is 6.76. The Labute approximate surface area is 188 Å². The molecule has 1 unspecified atom stereocenters. The summed E-state index contributed by atoms with van der Waals surface area (Å²) in [4.78, 5) is 15.3. The van der Waals surface area contributed by atoms with Crippen molar-refractivity contribution in [1.82, 2.24) is 19.7 Å². The molecule has 7 heteroatoms. The number of hydrogen-bond acceptors (Lipinski definition) is 5. The molecule has 0 N–H and O–H groups in total. The summed E-state index contributed by atoms with van der Waals surface area (Å²) in [5, 5.41) is 17.2. The lowest BCUT2D eigenvalue weighted by Crippen LogP contribution is -2.43. The summed E-state index contributed by atoms with van der Waals surface area (Å²) in [6.45, 7) is 3.36. The molecule has 1 aliphatic rings. The van der Waals surface area contributed by atoms with Crippen molar-refractivity contribution in [3.63, 3.8) is 0 Å². The molecule has 1 amide bonds. The number of benzene rings is 2. The number of rotatable bonds is 6. The first kappa shape index (κ1) is 21.6. The highest BCUT2D eigenvalue weighted by atomic mass is 16.5. The molecule has 1 aromatic heterocycles. The average molecular weight is 430 g/mol. The number of nitriles is 1. The minimum atomic E-state index is -0.622. The Morgan fingerprint density at radius 3 is 2.66 bits per heavy atom. The van der Waals surface area contributed by atoms with E-state index in [1.54, 1.807) is 24.8 Å². The fourth-order valence-corrected chi connectivity index (χ4v) is 4.54. The van der Waals surface area contributed by atoms with E-state index >= 15 is 0 Å². The number of carbonyl (C=O) groups excluding carboxylic acids is 1. The van der Waals surface area contributed by atoms with Crippen LogP contribution in [0.25, 0.3) is 0 Å². The average Bonchev–Trinajstić information content (AvgIpc) is 3.28. The van der Waals surface area contributed by atoms with Crippen LogP contribution in [0.5, 0.6) is 11.5 Å². The highest BCUT2D eigenvalue weighted by molar-refractivity contribution is 5.89. The molecule has 1 atom stereocenters. The Balaban J connectivity index is 1.77. The summed E-state index contributed by atoms with van der Waals surface area (Å²) in [5.41, 5.74) is 1.69. The summed E-state index contributed by atoms with van der Waals surface area (Å²) in [6, 6.07) is 15.4. The number of hydrogen-bond donors (Lipinski definition) is 0. The molecule has 2 aromatic carbocycles. The van der Waals surface area contributed by atoms with Gasteiger partial charge >= 0.3 is 0 Å². The second kappa shape index (κ2) is 9.23. The van der Waals surface area contributed by atoms with Crippen LogP contribution in [0.2, 0.25) is 0 Å². The van der Waals surface area contributed by atoms with Gasteiger partial charge in [-0.3, -0.25) is 4.79 Å². The second-order valence-electron chi connectivity index (χ2n) is 8.29. The van der Waals surface area contributed by atoms with Crippen molar-refractivity contribution < 1.29 is 9.53 Å². The largest absolute Gasteiger partial charge is 0.457 e. The number of carbonyl (C=O) groups is 1. The Kier molecular flexibility index (Phi) is 6.22. The Morgan fingerprint density at radius 2 is 1.91 bits per heavy atom. The molecule has 3 aromatic rings. The van der Waals surface area contributed by atoms with Crippen molar-refractivity contribution in [2.45, 2.75) is 44.6 Å². The van der Waals surface area contributed by atoms with Crippen LogP contribution in [0.15, 0.2) is 55.1 Å². The molecule has 0 radical (unpaired) electrons. The Morgan fingerprint density at radius 1 is 1.12 bits per heavy atom. The molecular formula is C25H27N5O2. The third-order valence-corrected chi connectivity index (χ3v) is 6.35. The quantitative estimate of drug-likeness (QED) is 0.584. The van der Waals surface area contributed by atoms with Gasteiger partial charge in [0.1, 0.15) is 24.2 Å². The van der Waals surface area contributed by atoms with E-state index < -0.39 is 5.41 Å². The second-order valence-corrected chi connectivity index (χ2v) is 8.29. The van der Waals surface area contributed by atoms with E-state index in [2.05, 4.69) is 23.2 Å². The van der Waals surface area contributed by atoms with Crippen LogP contribution in [0.3, 0.4) is 0 Å². The van der Waals surface area contributed by atoms with Crippen molar-refractivity contribution >= 4 is 5.91 Å². The van der Waals surface area contributed by atoms with Crippen molar-refractivity contribution in [2.24, 2.45) is 0 Å². The van der Waals surface area contributed by atoms with E-state index in [4.69, 9.17) is 4.74 Å². The fraction of sp³-hybridized carbons (Fsp3) is 0.360. The molecule has 1 fully saturated rings. The fourth-order valence-electron chi connectivity index (χ4n) is 4.54. The molecule has 0 spiro atoms. The first-order valence-electron chi connectivity index (χ1n) is 11.0. The Hall–Kier alpha value is -3.66. The third kappa shape index (κ3) is 4.09. The zero-order valence-electron chi connectivity index (χ0n) is 18.5. The van der Waals surface area contributed by atoms with Gasteiger partial charge in [0.15, 0.2) is 0 Å². The van der Waals surface area contributed by atoms with Gasteiger partial charge in [0.25, 0.3) is 0 Å². The van der Waals surface area contributed by atoms with Crippen LogP contribution < -0.4 is 4.74 Å². The number of aromatic nitrogens is 3. The predicted octanol–water partition coefficient (Wildman–Crippen LogP) is 4.28. The lowest BCUT2D eigenvalue weighted by Gasteiger charge is -2.34. The van der Waals surface area contributed by atoms with Gasteiger partial charge in [-0.25, -0.2) is 0 Å². The minimum Gasteiger partial charge on any atom is -0.457 e. The van der Waals surface area contributed by atoms with Gasteiger partial charge in [-0.2, -0.15) is 5.26 Å². The molecule has 2 heterocycles. The zero-order chi connectivity index (χ0) is 22.6. The van der Waals surface area contributed by atoms with Crippen molar-refractivity contribution in [3.8, 4) is 17.6 Å². The maximum absolute atomic E-state index is 13.5. The number of likely N-dealkylation sites (tertiary alicyclic amines) is 1. The maximum atomic E-state index is 13.5. The van der Waals surface area contributed by atoms with Gasteiger partial charge in [0, 0.05) is 24.7 Å². The molecule has 32 heavy (non-hydrogen) atoms. The molecule has 0 aliphatic carbocycles. The summed E-state index contributed by atoms with van der Waals surface area (Å²) in [7, 11) is 1.88. The molecular weight excluding hydrogens is 402 g/mol. The third-order valence-electron chi connectivity index (χ3n) is 6.35. The highest BCUT2D eigenvalue weighted by Crippen LogP contribution is 2.43. The maximum Gasteiger partial charge on any atom is 0.233 e. The van der Waals surface area contributed by atoms with E-state index in [-0.39, 0.29) is 5.91 Å². The van der Waals surface area contributed by atoms with Crippen LogP contribution in [-0.2, 0) is 16.8 Å². The number of para-hydroxylation sites is 1. The lowest BCUT2D eigenvalue weighted by atomic mass is 9.73. The van der Waals surface area contributed by atoms with Gasteiger partial charge in [-0.1, -0.05) is 37.6 Å². The lowest BCUT2D eigenvalue weighted by molar-refractivity contribution is -0.135. The van der Waals surface area contributed by atoms with Crippen LogP contribution in [0, 0.1) is 11.3 Å². The molecule has 0 bridgehead atoms. The topological polar surface area (TPSA) is 84.0 Å². The smallest absolute Gasteiger partial charge is 0.233 e. The van der Waals surface area contributed by atoms with Gasteiger partial charge < -0.3 is 14.2 Å². The van der Waals surface area contributed by atoms with Crippen LogP contribution in [0.1, 0.15) is 49.3 Å². The van der Waals surface area contributed by atoms with E-state index in [0.717, 1.165) is 36.9 Å². The summed E-state index contributed by atoms with van der Waals surface area (Å²) >= 11 is 0. The van der Waals surface area contributed by atoms with Gasteiger partial charge in [0.05, 0.1) is 23.6 Å². The van der Waals surface area contributed by atoms with E-state index in [9.17, 15) is 10.1 Å². The first-order valence-corrected chi connectivity index (χ1v) is 11.0. The van der Waals surface area contributed by atoms with Gasteiger partial charge in [-0.05, 0) is 37.5 Å². The van der Waals surface area contributed by atoms with Crippen LogP contribution in [-0.4, -0.2) is 39.2 Å². The highest BCUT2D eigenvalue weighted by Gasteiger charge is 2.43. The first-order chi connectivity index (χ1) is 15.6. The molecule has 1 aliphatic heterocycles. The van der Waals surface area contributed by atoms with Gasteiger partial charge in [0.2, 0.25) is 5.91 Å². The molecule has 0 saturated carbocycles. The van der Waals surface area contributed by atoms with Crippen molar-refractivity contribution in [3.05, 3.63) is 71.8 Å². The Bertz CT molecular complexity index is 1140.